The quantitative estimate of drug-likeness (QED) is 0.814. The van der Waals surface area contributed by atoms with Gasteiger partial charge in [0.1, 0.15) is 0 Å². The third-order valence-electron chi connectivity index (χ3n) is 2.83. The first kappa shape index (κ1) is 14.9. The van der Waals surface area contributed by atoms with Crippen LogP contribution in [0, 0.1) is 6.92 Å². The van der Waals surface area contributed by atoms with E-state index >= 15 is 0 Å². The molecule has 0 spiro atoms. The van der Waals surface area contributed by atoms with E-state index in [1.807, 2.05) is 6.92 Å². The van der Waals surface area contributed by atoms with Crippen molar-refractivity contribution in [3.8, 4) is 0 Å². The van der Waals surface area contributed by atoms with Crippen molar-refractivity contribution in [1.82, 2.24) is 4.57 Å². The van der Waals surface area contributed by atoms with Crippen molar-refractivity contribution >= 4 is 9.84 Å². The molecule has 0 saturated carbocycles. The number of rotatable bonds is 6. The van der Waals surface area contributed by atoms with Crippen molar-refractivity contribution in [2.75, 3.05) is 11.5 Å². The zero-order valence-electron chi connectivity index (χ0n) is 10.8. The fourth-order valence-corrected chi connectivity index (χ4v) is 3.08. The first-order valence-corrected chi connectivity index (χ1v) is 7.83. The van der Waals surface area contributed by atoms with Crippen LogP contribution in [0.4, 0.5) is 0 Å². The van der Waals surface area contributed by atoms with Crippen LogP contribution < -0.4 is 11.3 Å². The molecule has 0 atom stereocenters. The normalized spacial score (nSPS) is 11.7. The maximum absolute atomic E-state index is 12.0. The summed E-state index contributed by atoms with van der Waals surface area (Å²) in [6.07, 6.45) is 0.596. The molecule has 18 heavy (non-hydrogen) atoms. The molecule has 2 N–H and O–H groups in total. The summed E-state index contributed by atoms with van der Waals surface area (Å²) in [6.45, 7) is 3.97. The standard InChI is InChI=1S/C12H20N2O3S/c1-3-7-18(16,17)8-6-14-10(2)4-5-11(9-13)12(14)15/h4-5H,3,6-9,13H2,1-2H3. The zero-order valence-corrected chi connectivity index (χ0v) is 11.7. The van der Waals surface area contributed by atoms with E-state index in [4.69, 9.17) is 5.73 Å². The zero-order chi connectivity index (χ0) is 13.8. The maximum atomic E-state index is 12.0. The lowest BCUT2D eigenvalue weighted by Gasteiger charge is -2.11. The molecule has 0 bridgehead atoms. The average Bonchev–Trinajstić information content (AvgIpc) is 2.28. The Morgan fingerprint density at radius 1 is 1.28 bits per heavy atom. The number of nitrogens with two attached hydrogens (primary N) is 1. The summed E-state index contributed by atoms with van der Waals surface area (Å²) in [5.41, 5.74) is 6.54. The van der Waals surface area contributed by atoms with Crippen molar-refractivity contribution in [2.24, 2.45) is 5.73 Å². The number of nitrogens with zero attached hydrogens (tertiary/aromatic N) is 1. The molecule has 0 amide bonds. The number of aromatic nitrogens is 1. The molecule has 0 aromatic carbocycles. The number of hydrogen-bond donors (Lipinski definition) is 1. The highest BCUT2D eigenvalue weighted by Gasteiger charge is 2.12. The van der Waals surface area contributed by atoms with Crippen LogP contribution in [-0.2, 0) is 22.9 Å². The van der Waals surface area contributed by atoms with Crippen LogP contribution in [-0.4, -0.2) is 24.5 Å². The third-order valence-corrected chi connectivity index (χ3v) is 4.67. The predicted octanol–water partition coefficient (Wildman–Crippen LogP) is 0.440. The molecule has 0 aliphatic carbocycles. The summed E-state index contributed by atoms with van der Waals surface area (Å²) in [5, 5.41) is 0. The molecule has 5 nitrogen and oxygen atoms in total. The van der Waals surface area contributed by atoms with Crippen LogP contribution in [0.2, 0.25) is 0 Å². The van der Waals surface area contributed by atoms with E-state index in [0.717, 1.165) is 5.69 Å². The van der Waals surface area contributed by atoms with E-state index in [2.05, 4.69) is 0 Å². The summed E-state index contributed by atoms with van der Waals surface area (Å²) in [7, 11) is -3.07. The first-order chi connectivity index (χ1) is 8.41. The summed E-state index contributed by atoms with van der Waals surface area (Å²) in [4.78, 5) is 12.0. The topological polar surface area (TPSA) is 82.2 Å². The van der Waals surface area contributed by atoms with Gasteiger partial charge in [0, 0.05) is 30.1 Å². The van der Waals surface area contributed by atoms with Crippen molar-refractivity contribution in [1.29, 1.82) is 0 Å². The second-order valence-corrected chi connectivity index (χ2v) is 6.62. The Hall–Kier alpha value is -1.14. The van der Waals surface area contributed by atoms with Gasteiger partial charge in [0.25, 0.3) is 5.56 Å². The van der Waals surface area contributed by atoms with Gasteiger partial charge in [-0.15, -0.1) is 0 Å². The summed E-state index contributed by atoms with van der Waals surface area (Å²) in [5.74, 6) is 0.160. The van der Waals surface area contributed by atoms with E-state index in [9.17, 15) is 13.2 Å². The van der Waals surface area contributed by atoms with Crippen molar-refractivity contribution in [3.05, 3.63) is 33.7 Å². The highest BCUT2D eigenvalue weighted by atomic mass is 32.2. The number of pyridine rings is 1. The van der Waals surface area contributed by atoms with Gasteiger partial charge in [0.05, 0.1) is 5.75 Å². The van der Waals surface area contributed by atoms with Gasteiger partial charge in [-0.2, -0.15) is 0 Å². The summed E-state index contributed by atoms with van der Waals surface area (Å²) in [6, 6.07) is 3.48. The minimum absolute atomic E-state index is 0.00435. The molecular formula is C12H20N2O3S. The monoisotopic (exact) mass is 272 g/mol. The van der Waals surface area contributed by atoms with Crippen LogP contribution >= 0.6 is 0 Å². The SMILES string of the molecule is CCCS(=O)(=O)CCn1c(C)ccc(CN)c1=O. The first-order valence-electron chi connectivity index (χ1n) is 6.01. The molecule has 0 unspecified atom stereocenters. The van der Waals surface area contributed by atoms with Gasteiger partial charge in [-0.1, -0.05) is 13.0 Å². The van der Waals surface area contributed by atoms with Crippen LogP contribution in [0.3, 0.4) is 0 Å². The molecule has 0 fully saturated rings. The molecule has 1 aromatic rings. The molecule has 102 valence electrons. The lowest BCUT2D eigenvalue weighted by Crippen LogP contribution is -2.29. The average molecular weight is 272 g/mol. The lowest BCUT2D eigenvalue weighted by molar-refractivity contribution is 0.583. The van der Waals surface area contributed by atoms with E-state index in [-0.39, 0.29) is 30.2 Å². The van der Waals surface area contributed by atoms with Crippen molar-refractivity contribution in [3.63, 3.8) is 0 Å². The Morgan fingerprint density at radius 2 is 1.94 bits per heavy atom. The fraction of sp³-hybridized carbons (Fsp3) is 0.583. The number of hydrogen-bond acceptors (Lipinski definition) is 4. The Labute approximate surface area is 108 Å². The summed E-state index contributed by atoms with van der Waals surface area (Å²) >= 11 is 0. The van der Waals surface area contributed by atoms with E-state index in [0.29, 0.717) is 12.0 Å². The Morgan fingerprint density at radius 3 is 2.50 bits per heavy atom. The molecule has 1 heterocycles. The predicted molar refractivity (Wildman–Crippen MR) is 72.3 cm³/mol. The van der Waals surface area contributed by atoms with Crippen molar-refractivity contribution in [2.45, 2.75) is 33.4 Å². The van der Waals surface area contributed by atoms with Crippen LogP contribution in [0.5, 0.6) is 0 Å². The van der Waals surface area contributed by atoms with Crippen LogP contribution in [0.15, 0.2) is 16.9 Å². The summed E-state index contributed by atoms with van der Waals surface area (Å²) < 4.78 is 24.8. The van der Waals surface area contributed by atoms with Gasteiger partial charge in [-0.25, -0.2) is 8.42 Å². The molecule has 0 saturated heterocycles. The van der Waals surface area contributed by atoms with Gasteiger partial charge in [-0.05, 0) is 19.4 Å². The lowest BCUT2D eigenvalue weighted by atomic mass is 10.2. The molecule has 0 aliphatic rings. The third kappa shape index (κ3) is 3.68. The molecule has 6 heteroatoms. The molecule has 0 radical (unpaired) electrons. The highest BCUT2D eigenvalue weighted by molar-refractivity contribution is 7.91. The van der Waals surface area contributed by atoms with Gasteiger partial charge in [-0.3, -0.25) is 4.79 Å². The van der Waals surface area contributed by atoms with Gasteiger partial charge in [0.15, 0.2) is 9.84 Å². The van der Waals surface area contributed by atoms with E-state index in [1.165, 1.54) is 4.57 Å². The smallest absolute Gasteiger partial charge is 0.255 e. The Bertz CT molecular complexity index is 561. The number of sulfone groups is 1. The molecule has 0 aliphatic heterocycles. The minimum atomic E-state index is -3.07. The van der Waals surface area contributed by atoms with E-state index in [1.54, 1.807) is 19.1 Å². The van der Waals surface area contributed by atoms with Crippen LogP contribution in [0.1, 0.15) is 24.6 Å². The second kappa shape index (κ2) is 6.15. The largest absolute Gasteiger partial charge is 0.326 e. The van der Waals surface area contributed by atoms with Crippen LogP contribution in [0.25, 0.3) is 0 Å². The Balaban J connectivity index is 2.95. The fourth-order valence-electron chi connectivity index (χ4n) is 1.79. The van der Waals surface area contributed by atoms with E-state index < -0.39 is 9.84 Å². The second-order valence-electron chi connectivity index (χ2n) is 4.31. The van der Waals surface area contributed by atoms with Crippen molar-refractivity contribution < 1.29 is 8.42 Å². The van der Waals surface area contributed by atoms with Gasteiger partial charge < -0.3 is 10.3 Å². The molecular weight excluding hydrogens is 252 g/mol. The molecule has 1 rings (SSSR count). The molecule has 1 aromatic heterocycles. The van der Waals surface area contributed by atoms with Gasteiger partial charge in [0.2, 0.25) is 0 Å². The van der Waals surface area contributed by atoms with Gasteiger partial charge >= 0.3 is 0 Å². The minimum Gasteiger partial charge on any atom is -0.326 e. The maximum Gasteiger partial charge on any atom is 0.255 e. The Kier molecular flexibility index (Phi) is 5.10. The number of aryl methyl sites for hydroxylation is 1. The highest BCUT2D eigenvalue weighted by Crippen LogP contribution is 2.01.